The maximum absolute atomic E-state index is 8.94. The van der Waals surface area contributed by atoms with E-state index in [2.05, 4.69) is 9.97 Å². The van der Waals surface area contributed by atoms with E-state index >= 15 is 0 Å². The summed E-state index contributed by atoms with van der Waals surface area (Å²) in [6.45, 7) is 1.51. The average molecular weight is 193 g/mol. The second-order valence-corrected chi connectivity index (χ2v) is 2.76. The molecule has 5 nitrogen and oxygen atoms in total. The van der Waals surface area contributed by atoms with Gasteiger partial charge in [0.15, 0.2) is 0 Å². The predicted octanol–water partition coefficient (Wildman–Crippen LogP) is 0.393. The van der Waals surface area contributed by atoms with Crippen molar-refractivity contribution in [2.45, 2.75) is 12.8 Å². The Bertz CT molecular complexity index is 360. The van der Waals surface area contributed by atoms with Crippen LogP contribution in [-0.2, 0) is 0 Å². The van der Waals surface area contributed by atoms with Gasteiger partial charge in [-0.25, -0.2) is 9.97 Å². The van der Waals surface area contributed by atoms with Gasteiger partial charge in [0.1, 0.15) is 12.2 Å². The molecule has 1 atom stereocenters. The van der Waals surface area contributed by atoms with Crippen LogP contribution in [-0.4, -0.2) is 28.8 Å². The number of hydrogen-bond acceptors (Lipinski definition) is 5. The van der Waals surface area contributed by atoms with Crippen molar-refractivity contribution in [3.63, 3.8) is 0 Å². The Balaban J connectivity index is 3.15. The zero-order valence-corrected chi connectivity index (χ0v) is 8.06. The maximum atomic E-state index is 8.94. The average Bonchev–Trinajstić information content (AvgIpc) is 2.22. The Morgan fingerprint density at radius 2 is 2.36 bits per heavy atom. The van der Waals surface area contributed by atoms with Crippen molar-refractivity contribution >= 4 is 0 Å². The third kappa shape index (κ3) is 1.80. The first kappa shape index (κ1) is 10.4. The molecule has 74 valence electrons. The molecule has 1 unspecified atom stereocenters. The molecular formula is C9H11N3O2. The summed E-state index contributed by atoms with van der Waals surface area (Å²) in [6.07, 6.45) is 1.32. The summed E-state index contributed by atoms with van der Waals surface area (Å²) in [5.41, 5.74) is 1.21. The van der Waals surface area contributed by atoms with Crippen LogP contribution in [0.1, 0.15) is 17.2 Å². The van der Waals surface area contributed by atoms with E-state index in [0.29, 0.717) is 17.1 Å². The van der Waals surface area contributed by atoms with E-state index in [1.807, 2.05) is 6.07 Å². The van der Waals surface area contributed by atoms with E-state index in [1.54, 1.807) is 6.92 Å². The zero-order chi connectivity index (χ0) is 10.6. The van der Waals surface area contributed by atoms with Crippen LogP contribution < -0.4 is 4.74 Å². The largest absolute Gasteiger partial charge is 0.481 e. The molecule has 1 heterocycles. The van der Waals surface area contributed by atoms with Gasteiger partial charge in [-0.15, -0.1) is 0 Å². The molecule has 0 saturated heterocycles. The highest BCUT2D eigenvalue weighted by Gasteiger charge is 2.16. The van der Waals surface area contributed by atoms with E-state index in [4.69, 9.17) is 15.1 Å². The number of methoxy groups -OCH3 is 1. The van der Waals surface area contributed by atoms with Crippen LogP contribution in [0.5, 0.6) is 5.88 Å². The molecule has 0 spiro atoms. The van der Waals surface area contributed by atoms with E-state index in [0.717, 1.165) is 0 Å². The minimum atomic E-state index is -0.619. The number of aliphatic hydroxyl groups is 1. The van der Waals surface area contributed by atoms with Gasteiger partial charge in [-0.2, -0.15) is 5.26 Å². The molecule has 0 radical (unpaired) electrons. The Morgan fingerprint density at radius 3 is 2.86 bits per heavy atom. The summed E-state index contributed by atoms with van der Waals surface area (Å²) < 4.78 is 4.98. The van der Waals surface area contributed by atoms with Crippen molar-refractivity contribution < 1.29 is 9.84 Å². The van der Waals surface area contributed by atoms with Crippen molar-refractivity contribution in [2.24, 2.45) is 0 Å². The lowest BCUT2D eigenvalue weighted by atomic mass is 10.0. The number of hydrogen-bond donors (Lipinski definition) is 1. The second-order valence-electron chi connectivity index (χ2n) is 2.76. The van der Waals surface area contributed by atoms with Gasteiger partial charge in [0.2, 0.25) is 5.88 Å². The maximum Gasteiger partial charge on any atom is 0.219 e. The molecule has 5 heteroatoms. The van der Waals surface area contributed by atoms with Crippen molar-refractivity contribution in [2.75, 3.05) is 13.7 Å². The standard InChI is InChI=1S/C9H11N3O2/c1-6-8(7(3-10)4-13)11-5-12-9(6)14-2/h5,7,13H,4H2,1-2H3. The lowest BCUT2D eigenvalue weighted by Gasteiger charge is -2.10. The fourth-order valence-corrected chi connectivity index (χ4v) is 1.19. The van der Waals surface area contributed by atoms with Gasteiger partial charge in [0, 0.05) is 5.56 Å². The molecule has 0 aliphatic carbocycles. The molecule has 1 rings (SSSR count). The van der Waals surface area contributed by atoms with Crippen LogP contribution in [0.15, 0.2) is 6.33 Å². The van der Waals surface area contributed by atoms with Crippen molar-refractivity contribution in [1.29, 1.82) is 5.26 Å². The number of rotatable bonds is 3. The highest BCUT2D eigenvalue weighted by atomic mass is 16.5. The molecular weight excluding hydrogens is 182 g/mol. The van der Waals surface area contributed by atoms with Crippen molar-refractivity contribution in [3.8, 4) is 11.9 Å². The lowest BCUT2D eigenvalue weighted by Crippen LogP contribution is -2.08. The molecule has 1 N–H and O–H groups in total. The molecule has 0 bridgehead atoms. The minimum Gasteiger partial charge on any atom is -0.481 e. The second kappa shape index (κ2) is 4.53. The fraction of sp³-hybridized carbons (Fsp3) is 0.444. The number of ether oxygens (including phenoxy) is 1. The van der Waals surface area contributed by atoms with Crippen molar-refractivity contribution in [1.82, 2.24) is 9.97 Å². The lowest BCUT2D eigenvalue weighted by molar-refractivity contribution is 0.283. The fourth-order valence-electron chi connectivity index (χ4n) is 1.19. The summed E-state index contributed by atoms with van der Waals surface area (Å²) in [5, 5.41) is 17.7. The van der Waals surface area contributed by atoms with Crippen LogP contribution in [0.25, 0.3) is 0 Å². The van der Waals surface area contributed by atoms with Gasteiger partial charge >= 0.3 is 0 Å². The van der Waals surface area contributed by atoms with Crippen LogP contribution in [0.4, 0.5) is 0 Å². The Kier molecular flexibility index (Phi) is 3.37. The topological polar surface area (TPSA) is 79.0 Å². The number of aromatic nitrogens is 2. The Morgan fingerprint density at radius 1 is 1.64 bits per heavy atom. The zero-order valence-electron chi connectivity index (χ0n) is 8.06. The molecule has 0 aromatic carbocycles. The van der Waals surface area contributed by atoms with Gasteiger partial charge in [-0.05, 0) is 6.92 Å². The normalized spacial score (nSPS) is 11.9. The Labute approximate surface area is 82.0 Å². The molecule has 0 saturated carbocycles. The quantitative estimate of drug-likeness (QED) is 0.751. The number of nitriles is 1. The number of aliphatic hydroxyl groups excluding tert-OH is 1. The van der Waals surface area contributed by atoms with E-state index in [9.17, 15) is 0 Å². The van der Waals surface area contributed by atoms with E-state index in [-0.39, 0.29) is 6.61 Å². The SMILES string of the molecule is COc1ncnc(C(C#N)CO)c1C. The van der Waals surface area contributed by atoms with Crippen LogP contribution in [0.2, 0.25) is 0 Å². The summed E-state index contributed by atoms with van der Waals surface area (Å²) in [7, 11) is 1.50. The molecule has 14 heavy (non-hydrogen) atoms. The first-order chi connectivity index (χ1) is 6.74. The van der Waals surface area contributed by atoms with Gasteiger partial charge in [0.25, 0.3) is 0 Å². The smallest absolute Gasteiger partial charge is 0.219 e. The van der Waals surface area contributed by atoms with Gasteiger partial charge in [-0.3, -0.25) is 0 Å². The molecule has 0 aliphatic rings. The van der Waals surface area contributed by atoms with Gasteiger partial charge in [-0.1, -0.05) is 0 Å². The summed E-state index contributed by atoms with van der Waals surface area (Å²) >= 11 is 0. The summed E-state index contributed by atoms with van der Waals surface area (Å²) in [6, 6.07) is 1.96. The molecule has 0 fully saturated rings. The number of nitrogens with zero attached hydrogens (tertiary/aromatic N) is 3. The molecule has 1 aromatic rings. The predicted molar refractivity (Wildman–Crippen MR) is 48.8 cm³/mol. The first-order valence-electron chi connectivity index (χ1n) is 4.10. The summed E-state index contributed by atoms with van der Waals surface area (Å²) in [5.74, 6) is -0.185. The van der Waals surface area contributed by atoms with Crippen LogP contribution in [0, 0.1) is 18.3 Å². The van der Waals surface area contributed by atoms with E-state index in [1.165, 1.54) is 13.4 Å². The third-order valence-electron chi connectivity index (χ3n) is 1.94. The van der Waals surface area contributed by atoms with E-state index < -0.39 is 5.92 Å². The highest BCUT2D eigenvalue weighted by molar-refractivity contribution is 5.33. The van der Waals surface area contributed by atoms with Crippen LogP contribution >= 0.6 is 0 Å². The van der Waals surface area contributed by atoms with Crippen molar-refractivity contribution in [3.05, 3.63) is 17.6 Å². The molecule has 0 aliphatic heterocycles. The van der Waals surface area contributed by atoms with Crippen LogP contribution in [0.3, 0.4) is 0 Å². The molecule has 0 amide bonds. The molecule has 1 aromatic heterocycles. The minimum absolute atomic E-state index is 0.252. The summed E-state index contributed by atoms with van der Waals surface area (Å²) in [4.78, 5) is 7.84. The van der Waals surface area contributed by atoms with Gasteiger partial charge < -0.3 is 9.84 Å². The Hall–Kier alpha value is -1.67. The highest BCUT2D eigenvalue weighted by Crippen LogP contribution is 2.21. The monoisotopic (exact) mass is 193 g/mol. The first-order valence-corrected chi connectivity index (χ1v) is 4.10. The third-order valence-corrected chi connectivity index (χ3v) is 1.94. The van der Waals surface area contributed by atoms with Gasteiger partial charge in [0.05, 0.1) is 25.5 Å².